The summed E-state index contributed by atoms with van der Waals surface area (Å²) in [5, 5.41) is 19.7. The van der Waals surface area contributed by atoms with Gasteiger partial charge in [0.2, 0.25) is 0 Å². The van der Waals surface area contributed by atoms with Crippen molar-refractivity contribution < 1.29 is 15.0 Å². The number of carbonyl (C=O) groups is 1. The summed E-state index contributed by atoms with van der Waals surface area (Å²) in [6.45, 7) is -0.0635. The van der Waals surface area contributed by atoms with Gasteiger partial charge < -0.3 is 10.2 Å². The predicted octanol–water partition coefficient (Wildman–Crippen LogP) is 0.294. The van der Waals surface area contributed by atoms with Crippen LogP contribution in [0.3, 0.4) is 0 Å². The van der Waals surface area contributed by atoms with Gasteiger partial charge in [-0.15, -0.1) is 11.3 Å². The molecule has 2 heterocycles. The Morgan fingerprint density at radius 3 is 3.06 bits per heavy atom. The Labute approximate surface area is 99.8 Å². The average Bonchev–Trinajstić information content (AvgIpc) is 2.69. The van der Waals surface area contributed by atoms with Crippen molar-refractivity contribution in [2.45, 2.75) is 19.1 Å². The standard InChI is InChI=1S/C10H10N2O4S/c13-6(3-8(14)15)4-12-5-11-7-1-2-17-9(7)10(12)16/h1-2,5-6,13H,3-4H2,(H,14,15). The molecule has 0 saturated carbocycles. The highest BCUT2D eigenvalue weighted by molar-refractivity contribution is 7.17. The van der Waals surface area contributed by atoms with E-state index in [-0.39, 0.29) is 12.1 Å². The Balaban J connectivity index is 2.27. The van der Waals surface area contributed by atoms with E-state index in [1.165, 1.54) is 22.2 Å². The van der Waals surface area contributed by atoms with E-state index in [1.807, 2.05) is 0 Å². The molecular weight excluding hydrogens is 244 g/mol. The molecule has 2 rings (SSSR count). The first-order valence-corrected chi connectivity index (χ1v) is 5.78. The molecule has 0 amide bonds. The van der Waals surface area contributed by atoms with Crippen LogP contribution in [0.1, 0.15) is 6.42 Å². The van der Waals surface area contributed by atoms with Gasteiger partial charge in [-0.25, -0.2) is 4.98 Å². The maximum Gasteiger partial charge on any atom is 0.306 e. The van der Waals surface area contributed by atoms with Crippen LogP contribution in [-0.4, -0.2) is 31.8 Å². The second-order valence-electron chi connectivity index (χ2n) is 3.59. The Kier molecular flexibility index (Phi) is 3.21. The maximum atomic E-state index is 11.9. The highest BCUT2D eigenvalue weighted by Gasteiger charge is 2.12. The smallest absolute Gasteiger partial charge is 0.306 e. The number of hydrogen-bond donors (Lipinski definition) is 2. The normalized spacial score (nSPS) is 12.8. The molecule has 0 aliphatic carbocycles. The van der Waals surface area contributed by atoms with Crippen molar-refractivity contribution in [1.29, 1.82) is 0 Å². The van der Waals surface area contributed by atoms with Crippen molar-refractivity contribution in [2.24, 2.45) is 0 Å². The molecule has 0 radical (unpaired) electrons. The molecule has 1 atom stereocenters. The molecule has 90 valence electrons. The van der Waals surface area contributed by atoms with E-state index in [2.05, 4.69) is 4.98 Å². The topological polar surface area (TPSA) is 92.4 Å². The molecule has 0 bridgehead atoms. The largest absolute Gasteiger partial charge is 0.481 e. The lowest BCUT2D eigenvalue weighted by atomic mass is 10.2. The van der Waals surface area contributed by atoms with Crippen LogP contribution < -0.4 is 5.56 Å². The molecule has 17 heavy (non-hydrogen) atoms. The third kappa shape index (κ3) is 2.51. The van der Waals surface area contributed by atoms with E-state index in [0.717, 1.165) is 0 Å². The molecule has 0 spiro atoms. The average molecular weight is 254 g/mol. The monoisotopic (exact) mass is 254 g/mol. The molecule has 2 N–H and O–H groups in total. The zero-order chi connectivity index (χ0) is 12.4. The molecule has 0 aliphatic heterocycles. The van der Waals surface area contributed by atoms with Crippen molar-refractivity contribution in [3.8, 4) is 0 Å². The summed E-state index contributed by atoms with van der Waals surface area (Å²) in [5.41, 5.74) is 0.360. The third-order valence-corrected chi connectivity index (χ3v) is 3.15. The van der Waals surface area contributed by atoms with Gasteiger partial charge in [0.1, 0.15) is 4.70 Å². The lowest BCUT2D eigenvalue weighted by molar-refractivity contribution is -0.139. The van der Waals surface area contributed by atoms with Gasteiger partial charge in [0, 0.05) is 0 Å². The van der Waals surface area contributed by atoms with Gasteiger partial charge >= 0.3 is 5.97 Å². The number of thiophene rings is 1. The quantitative estimate of drug-likeness (QED) is 0.818. The fraction of sp³-hybridized carbons (Fsp3) is 0.300. The molecule has 1 unspecified atom stereocenters. The minimum absolute atomic E-state index is 0.0635. The van der Waals surface area contributed by atoms with Crippen LogP contribution in [0, 0.1) is 0 Å². The Morgan fingerprint density at radius 1 is 1.59 bits per heavy atom. The highest BCUT2D eigenvalue weighted by atomic mass is 32.1. The second kappa shape index (κ2) is 4.64. The summed E-state index contributed by atoms with van der Waals surface area (Å²) >= 11 is 1.28. The SMILES string of the molecule is O=C(O)CC(O)Cn1cnc2ccsc2c1=O. The first-order valence-electron chi connectivity index (χ1n) is 4.90. The molecule has 0 aliphatic rings. The fourth-order valence-electron chi connectivity index (χ4n) is 1.50. The molecule has 6 nitrogen and oxygen atoms in total. The maximum absolute atomic E-state index is 11.9. The third-order valence-electron chi connectivity index (χ3n) is 2.25. The van der Waals surface area contributed by atoms with Gasteiger partial charge in [-0.1, -0.05) is 0 Å². The van der Waals surface area contributed by atoms with Crippen LogP contribution in [0.15, 0.2) is 22.6 Å². The molecule has 0 fully saturated rings. The van der Waals surface area contributed by atoms with Crippen LogP contribution >= 0.6 is 11.3 Å². The number of aliphatic hydroxyl groups excluding tert-OH is 1. The Hall–Kier alpha value is -1.73. The Bertz CT molecular complexity index is 604. The van der Waals surface area contributed by atoms with Crippen LogP contribution in [0.2, 0.25) is 0 Å². The highest BCUT2D eigenvalue weighted by Crippen LogP contribution is 2.13. The van der Waals surface area contributed by atoms with E-state index in [9.17, 15) is 14.7 Å². The van der Waals surface area contributed by atoms with E-state index < -0.39 is 18.5 Å². The van der Waals surface area contributed by atoms with Crippen LogP contribution in [0.4, 0.5) is 0 Å². The summed E-state index contributed by atoms with van der Waals surface area (Å²) in [7, 11) is 0. The van der Waals surface area contributed by atoms with E-state index >= 15 is 0 Å². The number of aromatic nitrogens is 2. The van der Waals surface area contributed by atoms with Crippen LogP contribution in [0.5, 0.6) is 0 Å². The first-order chi connectivity index (χ1) is 8.08. The first kappa shape index (κ1) is 11.7. The lowest BCUT2D eigenvalue weighted by Gasteiger charge is -2.09. The summed E-state index contributed by atoms with van der Waals surface area (Å²) in [5.74, 6) is -1.10. The molecule has 0 saturated heterocycles. The molecule has 7 heteroatoms. The summed E-state index contributed by atoms with van der Waals surface area (Å²) < 4.78 is 1.74. The van der Waals surface area contributed by atoms with E-state index in [0.29, 0.717) is 10.2 Å². The number of fused-ring (bicyclic) bond motifs is 1. The Morgan fingerprint density at radius 2 is 2.35 bits per heavy atom. The van der Waals surface area contributed by atoms with Gasteiger partial charge in [-0.05, 0) is 11.4 Å². The second-order valence-corrected chi connectivity index (χ2v) is 4.50. The molecular formula is C10H10N2O4S. The number of carboxylic acid groups (broad SMARTS) is 1. The molecule has 0 aromatic carbocycles. The number of rotatable bonds is 4. The summed E-state index contributed by atoms with van der Waals surface area (Å²) in [4.78, 5) is 26.3. The molecule has 2 aromatic heterocycles. The van der Waals surface area contributed by atoms with E-state index in [4.69, 9.17) is 5.11 Å². The van der Waals surface area contributed by atoms with Crippen molar-refractivity contribution in [1.82, 2.24) is 9.55 Å². The minimum Gasteiger partial charge on any atom is -0.481 e. The van der Waals surface area contributed by atoms with Gasteiger partial charge in [0.25, 0.3) is 5.56 Å². The van der Waals surface area contributed by atoms with Crippen molar-refractivity contribution in [2.75, 3.05) is 0 Å². The van der Waals surface area contributed by atoms with Crippen molar-refractivity contribution in [3.63, 3.8) is 0 Å². The van der Waals surface area contributed by atoms with Gasteiger partial charge in [-0.3, -0.25) is 14.2 Å². The molecule has 2 aromatic rings. The predicted molar refractivity (Wildman–Crippen MR) is 62.1 cm³/mol. The van der Waals surface area contributed by atoms with E-state index in [1.54, 1.807) is 11.4 Å². The summed E-state index contributed by atoms with van der Waals surface area (Å²) in [6, 6.07) is 1.74. The van der Waals surface area contributed by atoms with Crippen LogP contribution in [-0.2, 0) is 11.3 Å². The van der Waals surface area contributed by atoms with Gasteiger partial charge in [0.15, 0.2) is 0 Å². The number of hydrogen-bond acceptors (Lipinski definition) is 5. The van der Waals surface area contributed by atoms with Gasteiger partial charge in [-0.2, -0.15) is 0 Å². The lowest BCUT2D eigenvalue weighted by Crippen LogP contribution is -2.27. The minimum atomic E-state index is -1.10. The summed E-state index contributed by atoms with van der Waals surface area (Å²) in [6.07, 6.45) is -0.165. The number of nitrogens with zero attached hydrogens (tertiary/aromatic N) is 2. The zero-order valence-corrected chi connectivity index (χ0v) is 9.55. The number of carboxylic acids is 1. The van der Waals surface area contributed by atoms with Crippen molar-refractivity contribution in [3.05, 3.63) is 28.1 Å². The van der Waals surface area contributed by atoms with Gasteiger partial charge in [0.05, 0.1) is 30.9 Å². The van der Waals surface area contributed by atoms with Crippen LogP contribution in [0.25, 0.3) is 10.2 Å². The van der Waals surface area contributed by atoms with Crippen molar-refractivity contribution >= 4 is 27.5 Å². The zero-order valence-electron chi connectivity index (χ0n) is 8.74. The number of aliphatic hydroxyl groups is 1. The fourth-order valence-corrected chi connectivity index (χ4v) is 2.29. The number of aliphatic carboxylic acids is 1.